The molecule has 0 radical (unpaired) electrons. The van der Waals surface area contributed by atoms with Gasteiger partial charge in [-0.1, -0.05) is 19.1 Å². The number of aliphatic imine (C=N–C) groups is 1. The molecule has 8 heteroatoms. The molecule has 0 spiro atoms. The lowest BCUT2D eigenvalue weighted by Crippen LogP contribution is -2.45. The quantitative estimate of drug-likeness (QED) is 0.283. The third-order valence-electron chi connectivity index (χ3n) is 6.16. The van der Waals surface area contributed by atoms with Gasteiger partial charge in [-0.15, -0.1) is 24.0 Å². The second-order valence-corrected chi connectivity index (χ2v) is 7.96. The lowest BCUT2D eigenvalue weighted by molar-refractivity contribution is 0.0179. The second kappa shape index (κ2) is 14.1. The maximum absolute atomic E-state index is 5.58. The summed E-state index contributed by atoms with van der Waals surface area (Å²) in [4.78, 5) is 10.0. The van der Waals surface area contributed by atoms with Crippen LogP contribution in [-0.4, -0.2) is 87.9 Å². The molecule has 2 heterocycles. The fourth-order valence-electron chi connectivity index (χ4n) is 4.42. The van der Waals surface area contributed by atoms with E-state index in [-0.39, 0.29) is 30.0 Å². The summed E-state index contributed by atoms with van der Waals surface area (Å²) in [6, 6.07) is 9.23. The van der Waals surface area contributed by atoms with E-state index in [1.807, 2.05) is 12.1 Å². The lowest BCUT2D eigenvalue weighted by atomic mass is 10.0. The van der Waals surface area contributed by atoms with Gasteiger partial charge in [0.15, 0.2) is 5.96 Å². The van der Waals surface area contributed by atoms with Crippen LogP contribution in [0.2, 0.25) is 0 Å². The van der Waals surface area contributed by atoms with Crippen LogP contribution in [0.15, 0.2) is 29.3 Å². The molecule has 2 fully saturated rings. The van der Waals surface area contributed by atoms with Crippen LogP contribution < -0.4 is 15.4 Å². The number of nitrogens with zero attached hydrogens (tertiary/aromatic N) is 3. The van der Waals surface area contributed by atoms with E-state index in [1.165, 1.54) is 24.9 Å². The number of benzene rings is 1. The standard InChI is InChI=1S/C23H39N5O2.HI/c1-4-24-23(25-17-20-7-6-12-27(20)5-2)26-18-22(28-13-15-30-16-14-28)19-8-10-21(29-3)11-9-19;/h8-11,20,22H,4-7,12-18H2,1-3H3,(H2,24,25,26);1H. The Labute approximate surface area is 205 Å². The summed E-state index contributed by atoms with van der Waals surface area (Å²) >= 11 is 0. The third-order valence-corrected chi connectivity index (χ3v) is 6.16. The first kappa shape index (κ1) is 26.2. The molecule has 2 saturated heterocycles. The van der Waals surface area contributed by atoms with Crippen LogP contribution in [0.25, 0.3) is 0 Å². The fourth-order valence-corrected chi connectivity index (χ4v) is 4.42. The van der Waals surface area contributed by atoms with Crippen LogP contribution in [0.5, 0.6) is 5.75 Å². The normalized spacial score (nSPS) is 21.4. The van der Waals surface area contributed by atoms with Gasteiger partial charge in [0.05, 0.1) is 32.9 Å². The Kier molecular flexibility index (Phi) is 11.9. The van der Waals surface area contributed by atoms with Gasteiger partial charge in [0.25, 0.3) is 0 Å². The first-order chi connectivity index (χ1) is 14.7. The molecule has 0 aliphatic carbocycles. The van der Waals surface area contributed by atoms with E-state index in [0.717, 1.165) is 57.6 Å². The summed E-state index contributed by atoms with van der Waals surface area (Å²) in [5.41, 5.74) is 1.27. The molecule has 0 amide bonds. The van der Waals surface area contributed by atoms with Gasteiger partial charge in [-0.2, -0.15) is 0 Å². The molecule has 1 aromatic carbocycles. The van der Waals surface area contributed by atoms with Gasteiger partial charge < -0.3 is 20.1 Å². The Morgan fingerprint density at radius 2 is 1.90 bits per heavy atom. The number of halogens is 1. The monoisotopic (exact) mass is 545 g/mol. The lowest BCUT2D eigenvalue weighted by Gasteiger charge is -2.34. The topological polar surface area (TPSA) is 61.4 Å². The molecule has 2 atom stereocenters. The van der Waals surface area contributed by atoms with E-state index in [4.69, 9.17) is 14.5 Å². The van der Waals surface area contributed by atoms with Crippen LogP contribution in [0, 0.1) is 0 Å². The first-order valence-electron chi connectivity index (χ1n) is 11.5. The Hall–Kier alpha value is -1.10. The van der Waals surface area contributed by atoms with Crippen molar-refractivity contribution in [1.29, 1.82) is 0 Å². The molecular formula is C23H40IN5O2. The van der Waals surface area contributed by atoms with E-state index in [1.54, 1.807) is 7.11 Å². The van der Waals surface area contributed by atoms with Crippen molar-refractivity contribution in [2.45, 2.75) is 38.8 Å². The molecule has 7 nitrogen and oxygen atoms in total. The zero-order valence-electron chi connectivity index (χ0n) is 19.3. The highest BCUT2D eigenvalue weighted by Gasteiger charge is 2.24. The largest absolute Gasteiger partial charge is 0.497 e. The van der Waals surface area contributed by atoms with Gasteiger partial charge in [-0.05, 0) is 50.6 Å². The Morgan fingerprint density at radius 3 is 2.55 bits per heavy atom. The number of hydrogen-bond acceptors (Lipinski definition) is 5. The number of hydrogen-bond donors (Lipinski definition) is 2. The molecule has 2 aliphatic rings. The van der Waals surface area contributed by atoms with Crippen molar-refractivity contribution in [3.8, 4) is 5.75 Å². The van der Waals surface area contributed by atoms with Gasteiger partial charge in [-0.3, -0.25) is 14.8 Å². The Bertz CT molecular complexity index is 652. The van der Waals surface area contributed by atoms with Crippen molar-refractivity contribution < 1.29 is 9.47 Å². The number of morpholine rings is 1. The number of methoxy groups -OCH3 is 1. The van der Waals surface area contributed by atoms with E-state index in [2.05, 4.69) is 46.4 Å². The third kappa shape index (κ3) is 7.76. The number of guanidine groups is 1. The average molecular weight is 546 g/mol. The zero-order chi connectivity index (χ0) is 21.2. The average Bonchev–Trinajstić information content (AvgIpc) is 3.26. The van der Waals surface area contributed by atoms with Crippen LogP contribution >= 0.6 is 24.0 Å². The van der Waals surface area contributed by atoms with Crippen LogP contribution in [0.3, 0.4) is 0 Å². The van der Waals surface area contributed by atoms with Crippen molar-refractivity contribution in [1.82, 2.24) is 20.4 Å². The summed E-state index contributed by atoms with van der Waals surface area (Å²) in [6.07, 6.45) is 2.56. The minimum absolute atomic E-state index is 0. The summed E-state index contributed by atoms with van der Waals surface area (Å²) in [5, 5.41) is 7.01. The minimum atomic E-state index is 0. The SMILES string of the molecule is CCNC(=NCC(c1ccc(OC)cc1)N1CCOCC1)NCC1CCCN1CC.I. The van der Waals surface area contributed by atoms with Gasteiger partial charge in [0.2, 0.25) is 0 Å². The maximum atomic E-state index is 5.58. The number of rotatable bonds is 9. The number of likely N-dealkylation sites (N-methyl/N-ethyl adjacent to an activating group) is 1. The fraction of sp³-hybridized carbons (Fsp3) is 0.696. The number of likely N-dealkylation sites (tertiary alicyclic amines) is 1. The summed E-state index contributed by atoms with van der Waals surface area (Å²) < 4.78 is 10.9. The molecule has 31 heavy (non-hydrogen) atoms. The van der Waals surface area contributed by atoms with Crippen molar-refractivity contribution in [2.24, 2.45) is 4.99 Å². The molecule has 1 aromatic rings. The summed E-state index contributed by atoms with van der Waals surface area (Å²) in [6.45, 7) is 12.7. The Morgan fingerprint density at radius 1 is 1.16 bits per heavy atom. The number of ether oxygens (including phenoxy) is 2. The van der Waals surface area contributed by atoms with Crippen LogP contribution in [-0.2, 0) is 4.74 Å². The van der Waals surface area contributed by atoms with E-state index in [0.29, 0.717) is 12.6 Å². The molecule has 2 N–H and O–H groups in total. The maximum Gasteiger partial charge on any atom is 0.191 e. The van der Waals surface area contributed by atoms with Crippen LogP contribution in [0.1, 0.15) is 38.3 Å². The van der Waals surface area contributed by atoms with Crippen molar-refractivity contribution in [2.75, 3.05) is 66.1 Å². The van der Waals surface area contributed by atoms with Crippen LogP contribution in [0.4, 0.5) is 0 Å². The second-order valence-electron chi connectivity index (χ2n) is 7.96. The molecule has 2 aliphatic heterocycles. The molecule has 2 unspecified atom stereocenters. The molecule has 3 rings (SSSR count). The molecule has 176 valence electrons. The predicted molar refractivity (Wildman–Crippen MR) is 138 cm³/mol. The van der Waals surface area contributed by atoms with Crippen molar-refractivity contribution >= 4 is 29.9 Å². The highest BCUT2D eigenvalue weighted by Crippen LogP contribution is 2.24. The summed E-state index contributed by atoms with van der Waals surface area (Å²) in [5.74, 6) is 1.79. The van der Waals surface area contributed by atoms with Gasteiger partial charge in [0, 0.05) is 32.2 Å². The molecular weight excluding hydrogens is 505 g/mol. The van der Waals surface area contributed by atoms with E-state index in [9.17, 15) is 0 Å². The molecule has 0 bridgehead atoms. The first-order valence-corrected chi connectivity index (χ1v) is 11.5. The van der Waals surface area contributed by atoms with Crippen molar-refractivity contribution in [3.05, 3.63) is 29.8 Å². The van der Waals surface area contributed by atoms with Gasteiger partial charge in [0.1, 0.15) is 5.75 Å². The minimum Gasteiger partial charge on any atom is -0.497 e. The highest BCUT2D eigenvalue weighted by molar-refractivity contribution is 14.0. The highest BCUT2D eigenvalue weighted by atomic mass is 127. The van der Waals surface area contributed by atoms with E-state index < -0.39 is 0 Å². The van der Waals surface area contributed by atoms with Crippen molar-refractivity contribution in [3.63, 3.8) is 0 Å². The van der Waals surface area contributed by atoms with E-state index >= 15 is 0 Å². The molecule has 0 saturated carbocycles. The number of nitrogens with one attached hydrogen (secondary N) is 2. The summed E-state index contributed by atoms with van der Waals surface area (Å²) in [7, 11) is 1.71. The zero-order valence-corrected chi connectivity index (χ0v) is 21.6. The Balaban J connectivity index is 0.00000341. The predicted octanol–water partition coefficient (Wildman–Crippen LogP) is 2.73. The van der Waals surface area contributed by atoms with Gasteiger partial charge in [-0.25, -0.2) is 0 Å². The van der Waals surface area contributed by atoms with Gasteiger partial charge >= 0.3 is 0 Å². The smallest absolute Gasteiger partial charge is 0.191 e. The molecule has 0 aromatic heterocycles.